The first-order valence-electron chi connectivity index (χ1n) is 30.6. The monoisotopic (exact) mass is 1200 g/mol. The number of aliphatic hydroxyl groups is 1. The first kappa shape index (κ1) is 77.1. The number of halogens is 1. The van der Waals surface area contributed by atoms with Crippen LogP contribution in [-0.2, 0) is 57.6 Å². The van der Waals surface area contributed by atoms with Crippen LogP contribution in [0.15, 0.2) is 146 Å². The van der Waals surface area contributed by atoms with E-state index in [9.17, 15) is 23.1 Å². The molecule has 6 aromatic rings. The Kier molecular flexibility index (Phi) is 36.7. The van der Waals surface area contributed by atoms with Crippen molar-refractivity contribution in [2.45, 2.75) is 193 Å². The number of hydrogen-bond acceptors (Lipinski definition) is 7. The molecule has 10 heteroatoms. The highest BCUT2D eigenvalue weighted by atomic mass is 35.5. The number of carbonyl (C=O) groups is 2. The molecule has 0 fully saturated rings. The number of carbonyl (C=O) groups excluding carboxylic acids is 1. The highest BCUT2D eigenvalue weighted by Crippen LogP contribution is 2.23. The van der Waals surface area contributed by atoms with Gasteiger partial charge in [-0.05, 0) is 177 Å². The fraction of sp³-hybridized carbons (Fsp3) is 0.480. The molecule has 466 valence electrons. The van der Waals surface area contributed by atoms with E-state index < -0.39 is 28.1 Å². The Labute approximate surface area is 521 Å². The summed E-state index contributed by atoms with van der Waals surface area (Å²) in [6, 6.07) is 51.1. The first-order chi connectivity index (χ1) is 39.7. The van der Waals surface area contributed by atoms with Gasteiger partial charge in [-0.2, -0.15) is 13.7 Å². The summed E-state index contributed by atoms with van der Waals surface area (Å²) in [6.07, 6.45) is 6.81. The Balaban J connectivity index is 0.000000511. The van der Waals surface area contributed by atoms with Gasteiger partial charge in [-0.15, -0.1) is 11.6 Å². The molecule has 0 heterocycles. The summed E-state index contributed by atoms with van der Waals surface area (Å²) in [5, 5.41) is 27.0. The molecule has 0 aliphatic rings. The predicted octanol–water partition coefficient (Wildman–Crippen LogP) is 19.7. The lowest BCUT2D eigenvalue weighted by molar-refractivity contribution is -0.138. The summed E-state index contributed by atoms with van der Waals surface area (Å²) in [7, 11) is -3.40. The van der Waals surface area contributed by atoms with Crippen molar-refractivity contribution < 1.29 is 32.4 Å². The van der Waals surface area contributed by atoms with Gasteiger partial charge in [-0.1, -0.05) is 229 Å². The maximum Gasteiger partial charge on any atom is 0.310 e. The van der Waals surface area contributed by atoms with E-state index in [-0.39, 0.29) is 23.2 Å². The summed E-state index contributed by atoms with van der Waals surface area (Å²) < 4.78 is 26.9. The third-order valence-corrected chi connectivity index (χ3v) is 14.3. The maximum atomic E-state index is 11.0. The van der Waals surface area contributed by atoms with Crippen LogP contribution in [0.1, 0.15) is 226 Å². The molecule has 8 nitrogen and oxygen atoms in total. The summed E-state index contributed by atoms with van der Waals surface area (Å²) in [6.45, 7) is 37.1. The lowest BCUT2D eigenvalue weighted by Crippen LogP contribution is -2.07. The van der Waals surface area contributed by atoms with E-state index in [4.69, 9.17) is 26.2 Å². The van der Waals surface area contributed by atoms with Gasteiger partial charge in [-0.25, -0.2) is 0 Å². The van der Waals surface area contributed by atoms with Crippen molar-refractivity contribution in [3.8, 4) is 6.07 Å². The lowest BCUT2D eigenvalue weighted by atomic mass is 9.97. The van der Waals surface area contributed by atoms with Gasteiger partial charge in [0.15, 0.2) is 5.78 Å². The van der Waals surface area contributed by atoms with Gasteiger partial charge in [-0.3, -0.25) is 13.8 Å². The summed E-state index contributed by atoms with van der Waals surface area (Å²) in [5.74, 6) is 2.97. The van der Waals surface area contributed by atoms with Crippen LogP contribution in [0.25, 0.3) is 0 Å². The fourth-order valence-electron chi connectivity index (χ4n) is 8.90. The second-order valence-electron chi connectivity index (χ2n) is 25.2. The van der Waals surface area contributed by atoms with E-state index in [1.807, 2.05) is 98.8 Å². The lowest BCUT2D eigenvalue weighted by Gasteiger charge is -2.12. The van der Waals surface area contributed by atoms with Gasteiger partial charge < -0.3 is 10.2 Å². The molecule has 5 atom stereocenters. The SMILES string of the molecule is CC(=O)c1ccc(CC(C)C)cc1.CC(C)Cc1ccc(C(C)C#N)cc1.CC(C)Cc1ccc(C(C)C(=O)O)cc1.CC(C)Cc1ccc(C(C)Cl)cc1.CC(C)Cc1ccc(C(C)O)cc1.CC(C)Cc1ccc(C(C)OS(C)(=O)=O)cc1. The van der Waals surface area contributed by atoms with Crippen molar-refractivity contribution in [2.24, 2.45) is 35.5 Å². The average molecular weight is 1200 g/mol. The minimum absolute atomic E-state index is 0.00287. The standard InChI is InChI=1S/C13H17N.C13H20O3S.C13H18O2.C12H17Cl.C12H18O.C12H16O/c1-10(2)8-12-4-6-13(7-5-12)11(3)9-14;1-10(2)9-12-5-7-13(8-6-12)11(3)16-17(4,14)15;1-9(2)8-11-4-6-12(7-5-11)10(3)13(14)15;3*1-9(2)8-11-4-6-12(7-5-11)10(3)13/h4-7,10-11H,8H2,1-3H3;5-8,10-11H,9H2,1-4H3;4-7,9-10H,8H2,1-3H3,(H,14,15);4-7,9-10H,8H2,1-3H3;4-7,9-10,13H,8H2,1-3H3;4-7,9H,8H2,1-3H3. The second kappa shape index (κ2) is 40.5. The van der Waals surface area contributed by atoms with Crippen molar-refractivity contribution in [1.29, 1.82) is 5.26 Å². The zero-order valence-corrected chi connectivity index (χ0v) is 56.7. The minimum atomic E-state index is -3.40. The van der Waals surface area contributed by atoms with Gasteiger partial charge in [0.2, 0.25) is 0 Å². The molecular formula is C75H106ClNO7S. The molecule has 6 aromatic carbocycles. The van der Waals surface area contributed by atoms with E-state index in [1.54, 1.807) is 27.7 Å². The Morgan fingerprint density at radius 1 is 0.447 bits per heavy atom. The van der Waals surface area contributed by atoms with Crippen molar-refractivity contribution >= 4 is 33.5 Å². The summed E-state index contributed by atoms with van der Waals surface area (Å²) >= 11 is 5.96. The molecule has 0 amide bonds. The van der Waals surface area contributed by atoms with Crippen LogP contribution in [0, 0.1) is 46.8 Å². The van der Waals surface area contributed by atoms with Gasteiger partial charge in [0.05, 0.1) is 41.7 Å². The first-order valence-corrected chi connectivity index (χ1v) is 32.8. The van der Waals surface area contributed by atoms with E-state index >= 15 is 0 Å². The van der Waals surface area contributed by atoms with Crippen LogP contribution < -0.4 is 0 Å². The van der Waals surface area contributed by atoms with Crippen LogP contribution in [0.2, 0.25) is 0 Å². The molecule has 6 rings (SSSR count). The normalized spacial score (nSPS) is 12.8. The van der Waals surface area contributed by atoms with Gasteiger partial charge in [0.25, 0.3) is 10.1 Å². The Bertz CT molecular complexity index is 2860. The maximum absolute atomic E-state index is 11.0. The zero-order chi connectivity index (χ0) is 64.6. The molecule has 0 bridgehead atoms. The van der Waals surface area contributed by atoms with Crippen LogP contribution in [-0.4, -0.2) is 36.6 Å². The third-order valence-electron chi connectivity index (χ3n) is 13.4. The quantitative estimate of drug-likeness (QED) is 0.0412. The number of benzene rings is 6. The van der Waals surface area contributed by atoms with Crippen LogP contribution in [0.3, 0.4) is 0 Å². The van der Waals surface area contributed by atoms with E-state index in [2.05, 4.69) is 150 Å². The number of Topliss-reactive ketones (excluding diaryl/α,β-unsaturated/α-hetero) is 1. The Morgan fingerprint density at radius 2 is 0.706 bits per heavy atom. The Hall–Kier alpha value is -5.89. The highest BCUT2D eigenvalue weighted by Gasteiger charge is 2.14. The van der Waals surface area contributed by atoms with Crippen molar-refractivity contribution in [3.63, 3.8) is 0 Å². The third kappa shape index (κ3) is 35.4. The molecule has 0 aromatic heterocycles. The number of alkyl halides is 1. The fourth-order valence-corrected chi connectivity index (χ4v) is 9.68. The number of nitriles is 1. The number of rotatable bonds is 21. The molecule has 85 heavy (non-hydrogen) atoms. The van der Waals surface area contributed by atoms with Crippen molar-refractivity contribution in [2.75, 3.05) is 6.26 Å². The van der Waals surface area contributed by atoms with Crippen LogP contribution in [0.5, 0.6) is 0 Å². The van der Waals surface area contributed by atoms with E-state index in [0.29, 0.717) is 29.6 Å². The van der Waals surface area contributed by atoms with E-state index in [1.165, 1.54) is 38.9 Å². The van der Waals surface area contributed by atoms with Gasteiger partial charge >= 0.3 is 5.97 Å². The number of nitrogens with zero attached hydrogens (tertiary/aromatic N) is 1. The molecular weight excluding hydrogens is 1090 g/mol. The molecule has 0 spiro atoms. The van der Waals surface area contributed by atoms with Crippen molar-refractivity contribution in [3.05, 3.63) is 212 Å². The molecule has 0 saturated heterocycles. The number of carboxylic acid groups (broad SMARTS) is 1. The van der Waals surface area contributed by atoms with Crippen molar-refractivity contribution in [1.82, 2.24) is 0 Å². The molecule has 2 N–H and O–H groups in total. The number of ketones is 1. The van der Waals surface area contributed by atoms with Crippen LogP contribution >= 0.6 is 11.6 Å². The topological polar surface area (TPSA) is 142 Å². The number of carboxylic acids is 1. The second-order valence-corrected chi connectivity index (χ2v) is 27.4. The molecule has 0 saturated carbocycles. The number of hydrogen-bond donors (Lipinski definition) is 2. The van der Waals surface area contributed by atoms with Gasteiger partial charge in [0.1, 0.15) is 0 Å². The van der Waals surface area contributed by atoms with Crippen LogP contribution in [0.4, 0.5) is 0 Å². The summed E-state index contributed by atoms with van der Waals surface area (Å²) in [4.78, 5) is 21.7. The van der Waals surface area contributed by atoms with E-state index in [0.717, 1.165) is 78.5 Å². The predicted molar refractivity (Wildman–Crippen MR) is 359 cm³/mol. The number of aliphatic hydroxyl groups excluding tert-OH is 1. The zero-order valence-electron chi connectivity index (χ0n) is 55.1. The average Bonchev–Trinajstić information content (AvgIpc) is 3.48. The molecule has 0 radical (unpaired) electrons. The summed E-state index contributed by atoms with van der Waals surface area (Å²) in [5.41, 5.74) is 13.8. The highest BCUT2D eigenvalue weighted by molar-refractivity contribution is 7.86. The molecule has 0 aliphatic carbocycles. The number of aliphatic carboxylic acids is 1. The van der Waals surface area contributed by atoms with Gasteiger partial charge in [0, 0.05) is 5.56 Å². The molecule has 5 unspecified atom stereocenters. The smallest absolute Gasteiger partial charge is 0.310 e. The Morgan fingerprint density at radius 3 is 0.941 bits per heavy atom. The molecule has 0 aliphatic heterocycles. The minimum Gasteiger partial charge on any atom is -0.481 e. The largest absolute Gasteiger partial charge is 0.481 e.